The van der Waals surface area contributed by atoms with Crippen LogP contribution >= 0.6 is 0 Å². The maximum Gasteiger partial charge on any atom is 0.306 e. The van der Waals surface area contributed by atoms with Crippen molar-refractivity contribution in [2.24, 2.45) is 0 Å². The second kappa shape index (κ2) is 58.1. The summed E-state index contributed by atoms with van der Waals surface area (Å²) in [6.07, 6.45) is 78.5. The van der Waals surface area contributed by atoms with Crippen LogP contribution in [-0.2, 0) is 23.8 Å². The van der Waals surface area contributed by atoms with Gasteiger partial charge in [0.1, 0.15) is 6.61 Å². The van der Waals surface area contributed by atoms with Crippen molar-refractivity contribution in [3.63, 3.8) is 0 Å². The highest BCUT2D eigenvalue weighted by Crippen LogP contribution is 2.14. The molecule has 0 aromatic carbocycles. The number of carbonyl (C=O) groups excluding carboxylic acids is 2. The van der Waals surface area contributed by atoms with E-state index >= 15 is 0 Å². The van der Waals surface area contributed by atoms with Crippen LogP contribution in [-0.4, -0.2) is 37.9 Å². The third kappa shape index (κ3) is 55.4. The minimum Gasteiger partial charge on any atom is -0.462 e. The molecule has 0 amide bonds. The number of carbonyl (C=O) groups is 2. The highest BCUT2D eigenvalue weighted by Gasteiger charge is 2.17. The van der Waals surface area contributed by atoms with Gasteiger partial charge in [0.25, 0.3) is 0 Å². The van der Waals surface area contributed by atoms with Gasteiger partial charge in [0, 0.05) is 19.4 Å². The second-order valence-corrected chi connectivity index (χ2v) is 18.8. The monoisotopic (exact) mass is 945 g/mol. The fraction of sp³-hybridized carbons (Fsp3) is 0.714. The molecular weight excluding hydrogens is 837 g/mol. The number of hydrogen-bond acceptors (Lipinski definition) is 5. The Bertz CT molecular complexity index is 1300. The van der Waals surface area contributed by atoms with Crippen LogP contribution in [0.5, 0.6) is 0 Å². The lowest BCUT2D eigenvalue weighted by Gasteiger charge is -2.18. The molecule has 0 aromatic heterocycles. The first-order valence-electron chi connectivity index (χ1n) is 28.8. The predicted octanol–water partition coefficient (Wildman–Crippen LogP) is 19.8. The van der Waals surface area contributed by atoms with E-state index in [1.165, 1.54) is 128 Å². The van der Waals surface area contributed by atoms with E-state index in [2.05, 4.69) is 118 Å². The molecule has 0 aliphatic heterocycles. The first kappa shape index (κ1) is 64.8. The van der Waals surface area contributed by atoms with Crippen LogP contribution < -0.4 is 0 Å². The van der Waals surface area contributed by atoms with Gasteiger partial charge in [0.15, 0.2) is 6.10 Å². The molecule has 5 heteroatoms. The van der Waals surface area contributed by atoms with Crippen molar-refractivity contribution < 1.29 is 23.8 Å². The van der Waals surface area contributed by atoms with Gasteiger partial charge >= 0.3 is 11.9 Å². The molecule has 0 saturated carbocycles. The smallest absolute Gasteiger partial charge is 0.306 e. The molecule has 0 spiro atoms. The fourth-order valence-corrected chi connectivity index (χ4v) is 7.80. The Morgan fingerprint density at radius 1 is 0.338 bits per heavy atom. The molecule has 68 heavy (non-hydrogen) atoms. The van der Waals surface area contributed by atoms with E-state index in [4.69, 9.17) is 14.2 Å². The summed E-state index contributed by atoms with van der Waals surface area (Å²) in [5.74, 6) is -0.435. The standard InChI is InChI=1S/C63H108O5/c1-4-7-10-13-16-19-22-25-28-31-34-37-40-43-46-49-52-55-58-66-59-61(68-63(65)57-54-51-48-45-42-39-36-33-30-27-24-21-18-15-12-9-6-3)60-67-62(64)56-53-50-47-44-41-38-35-32-29-26-23-20-17-14-11-8-5-2/h8,11,16-21,25-30,35,38,61H,4-7,9-10,12-15,22-24,31-34,36-37,39-60H2,1-3H3/b11-8-,19-16-,20-17-,21-18-,28-25-,29-26-,30-27-,38-35-. The lowest BCUT2D eigenvalue weighted by atomic mass is 10.1. The summed E-state index contributed by atoms with van der Waals surface area (Å²) in [6.45, 7) is 7.63. The van der Waals surface area contributed by atoms with Gasteiger partial charge in [-0.2, -0.15) is 0 Å². The van der Waals surface area contributed by atoms with E-state index in [1.54, 1.807) is 0 Å². The Hall–Kier alpha value is -3.18. The van der Waals surface area contributed by atoms with Crippen LogP contribution in [0.25, 0.3) is 0 Å². The van der Waals surface area contributed by atoms with Crippen LogP contribution in [0, 0.1) is 0 Å². The maximum absolute atomic E-state index is 12.9. The Morgan fingerprint density at radius 2 is 0.662 bits per heavy atom. The van der Waals surface area contributed by atoms with Gasteiger partial charge in [-0.05, 0) is 122 Å². The zero-order chi connectivity index (χ0) is 49.2. The molecule has 0 aliphatic rings. The van der Waals surface area contributed by atoms with Crippen LogP contribution in [0.4, 0.5) is 0 Å². The quantitative estimate of drug-likeness (QED) is 0.0345. The van der Waals surface area contributed by atoms with Gasteiger partial charge in [0.05, 0.1) is 6.61 Å². The third-order valence-corrected chi connectivity index (χ3v) is 12.1. The van der Waals surface area contributed by atoms with E-state index in [0.29, 0.717) is 19.4 Å². The first-order chi connectivity index (χ1) is 33.6. The summed E-state index contributed by atoms with van der Waals surface area (Å²) >= 11 is 0. The summed E-state index contributed by atoms with van der Waals surface area (Å²) < 4.78 is 17.5. The molecule has 5 nitrogen and oxygen atoms in total. The average molecular weight is 946 g/mol. The molecule has 0 N–H and O–H groups in total. The minimum absolute atomic E-state index is 0.0628. The van der Waals surface area contributed by atoms with Crippen molar-refractivity contribution in [1.82, 2.24) is 0 Å². The Kier molecular flexibility index (Phi) is 55.4. The van der Waals surface area contributed by atoms with Gasteiger partial charge in [-0.1, -0.05) is 227 Å². The zero-order valence-corrected chi connectivity index (χ0v) is 44.8. The molecule has 0 rings (SSSR count). The van der Waals surface area contributed by atoms with E-state index in [0.717, 1.165) is 103 Å². The summed E-state index contributed by atoms with van der Waals surface area (Å²) in [7, 11) is 0. The van der Waals surface area contributed by atoms with Crippen molar-refractivity contribution >= 4 is 11.9 Å². The molecule has 1 unspecified atom stereocenters. The van der Waals surface area contributed by atoms with E-state index in [-0.39, 0.29) is 25.2 Å². The number of rotatable bonds is 52. The topological polar surface area (TPSA) is 61.8 Å². The van der Waals surface area contributed by atoms with Gasteiger partial charge in [0.2, 0.25) is 0 Å². The van der Waals surface area contributed by atoms with Crippen LogP contribution in [0.3, 0.4) is 0 Å². The molecule has 0 heterocycles. The molecule has 0 fully saturated rings. The number of allylic oxidation sites excluding steroid dienone is 16. The summed E-state index contributed by atoms with van der Waals surface area (Å²) in [6, 6.07) is 0. The number of unbranched alkanes of at least 4 members (excludes halogenated alkanes) is 25. The predicted molar refractivity (Wildman–Crippen MR) is 297 cm³/mol. The van der Waals surface area contributed by atoms with E-state index in [1.807, 2.05) is 0 Å². The lowest BCUT2D eigenvalue weighted by molar-refractivity contribution is -0.163. The normalized spacial score (nSPS) is 12.9. The average Bonchev–Trinajstić information content (AvgIpc) is 3.34. The summed E-state index contributed by atoms with van der Waals surface area (Å²) in [5.41, 5.74) is 0. The molecule has 0 aliphatic carbocycles. The van der Waals surface area contributed by atoms with Crippen molar-refractivity contribution in [2.75, 3.05) is 19.8 Å². The maximum atomic E-state index is 12.9. The van der Waals surface area contributed by atoms with Crippen LogP contribution in [0.15, 0.2) is 97.2 Å². The SMILES string of the molecule is CC/C=C\C/C=C\C/C=C\C/C=C\CCCCCCC(=O)OCC(COCCCCCCCCCC/C=C\C/C=C\CCCCC)OC(=O)CCCCCCCCC/C=C\C/C=C\CCCCC. The summed E-state index contributed by atoms with van der Waals surface area (Å²) in [4.78, 5) is 25.5. The molecule has 390 valence electrons. The highest BCUT2D eigenvalue weighted by atomic mass is 16.6. The van der Waals surface area contributed by atoms with Gasteiger partial charge in [-0.3, -0.25) is 9.59 Å². The van der Waals surface area contributed by atoms with Crippen molar-refractivity contribution in [1.29, 1.82) is 0 Å². The summed E-state index contributed by atoms with van der Waals surface area (Å²) in [5, 5.41) is 0. The molecule has 0 aromatic rings. The highest BCUT2D eigenvalue weighted by molar-refractivity contribution is 5.70. The second-order valence-electron chi connectivity index (χ2n) is 18.8. The van der Waals surface area contributed by atoms with Gasteiger partial charge in [-0.15, -0.1) is 0 Å². The molecule has 0 saturated heterocycles. The zero-order valence-electron chi connectivity index (χ0n) is 44.8. The Morgan fingerprint density at radius 3 is 1.06 bits per heavy atom. The molecule has 1 atom stereocenters. The fourth-order valence-electron chi connectivity index (χ4n) is 7.80. The van der Waals surface area contributed by atoms with Crippen molar-refractivity contribution in [3.05, 3.63) is 97.2 Å². The van der Waals surface area contributed by atoms with Crippen molar-refractivity contribution in [2.45, 2.75) is 271 Å². The molecule has 0 radical (unpaired) electrons. The largest absolute Gasteiger partial charge is 0.462 e. The first-order valence-corrected chi connectivity index (χ1v) is 28.8. The van der Waals surface area contributed by atoms with E-state index in [9.17, 15) is 9.59 Å². The Balaban J connectivity index is 4.36. The van der Waals surface area contributed by atoms with E-state index < -0.39 is 6.10 Å². The Labute approximate surface area is 422 Å². The van der Waals surface area contributed by atoms with Crippen LogP contribution in [0.2, 0.25) is 0 Å². The van der Waals surface area contributed by atoms with Gasteiger partial charge in [-0.25, -0.2) is 0 Å². The number of ether oxygens (including phenoxy) is 3. The minimum atomic E-state index is -0.560. The number of esters is 2. The molecular formula is C63H108O5. The van der Waals surface area contributed by atoms with Crippen molar-refractivity contribution in [3.8, 4) is 0 Å². The van der Waals surface area contributed by atoms with Crippen LogP contribution in [0.1, 0.15) is 265 Å². The third-order valence-electron chi connectivity index (χ3n) is 12.1. The number of hydrogen-bond donors (Lipinski definition) is 0. The van der Waals surface area contributed by atoms with Gasteiger partial charge < -0.3 is 14.2 Å². The molecule has 0 bridgehead atoms. The lowest BCUT2D eigenvalue weighted by Crippen LogP contribution is -2.30.